The molecule has 118 valence electrons. The maximum absolute atomic E-state index is 6.29. The Labute approximate surface area is 132 Å². The van der Waals surface area contributed by atoms with E-state index >= 15 is 0 Å². The summed E-state index contributed by atoms with van der Waals surface area (Å²) in [6.07, 6.45) is 0. The minimum atomic E-state index is -0.270. The van der Waals surface area contributed by atoms with Crippen molar-refractivity contribution < 1.29 is 9.47 Å². The van der Waals surface area contributed by atoms with Crippen LogP contribution in [0.15, 0.2) is 48.5 Å². The summed E-state index contributed by atoms with van der Waals surface area (Å²) in [5.74, 6) is 1.68. The van der Waals surface area contributed by atoms with Crippen molar-refractivity contribution in [1.82, 2.24) is 0 Å². The van der Waals surface area contributed by atoms with Gasteiger partial charge >= 0.3 is 0 Å². The van der Waals surface area contributed by atoms with E-state index in [2.05, 4.69) is 0 Å². The monoisotopic (exact) mass is 300 g/mol. The van der Waals surface area contributed by atoms with E-state index in [1.54, 1.807) is 0 Å². The van der Waals surface area contributed by atoms with Crippen molar-refractivity contribution in [3.63, 3.8) is 0 Å². The molecule has 0 heterocycles. The molecule has 2 unspecified atom stereocenters. The van der Waals surface area contributed by atoms with E-state index in [1.165, 1.54) is 0 Å². The Morgan fingerprint density at radius 2 is 1.00 bits per heavy atom. The first-order chi connectivity index (χ1) is 10.7. The maximum Gasteiger partial charge on any atom is 0.119 e. The minimum Gasteiger partial charge on any atom is -0.494 e. The Morgan fingerprint density at radius 3 is 1.27 bits per heavy atom. The summed E-state index contributed by atoms with van der Waals surface area (Å²) >= 11 is 0. The van der Waals surface area contributed by atoms with Gasteiger partial charge in [0.25, 0.3) is 0 Å². The van der Waals surface area contributed by atoms with E-state index in [1.807, 2.05) is 62.4 Å². The summed E-state index contributed by atoms with van der Waals surface area (Å²) < 4.78 is 10.9. The molecule has 4 N–H and O–H groups in total. The first-order valence-corrected chi connectivity index (χ1v) is 7.62. The van der Waals surface area contributed by atoms with Gasteiger partial charge in [0, 0.05) is 12.1 Å². The number of nitrogens with two attached hydrogens (primary N) is 2. The summed E-state index contributed by atoms with van der Waals surface area (Å²) in [7, 11) is 0. The third kappa shape index (κ3) is 4.00. The van der Waals surface area contributed by atoms with Crippen molar-refractivity contribution in [2.24, 2.45) is 11.5 Å². The van der Waals surface area contributed by atoms with Crippen LogP contribution in [-0.4, -0.2) is 13.2 Å². The lowest BCUT2D eigenvalue weighted by atomic mass is 9.95. The predicted octanol–water partition coefficient (Wildman–Crippen LogP) is 3.18. The van der Waals surface area contributed by atoms with Crippen LogP contribution in [0, 0.1) is 0 Å². The van der Waals surface area contributed by atoms with Crippen LogP contribution in [0.4, 0.5) is 0 Å². The zero-order valence-electron chi connectivity index (χ0n) is 13.2. The molecule has 4 nitrogen and oxygen atoms in total. The topological polar surface area (TPSA) is 70.5 Å². The van der Waals surface area contributed by atoms with Gasteiger partial charge in [0.2, 0.25) is 0 Å². The molecule has 2 aromatic rings. The molecule has 0 aliphatic carbocycles. The van der Waals surface area contributed by atoms with Crippen molar-refractivity contribution in [1.29, 1.82) is 0 Å². The molecule has 0 bridgehead atoms. The average Bonchev–Trinajstić information content (AvgIpc) is 2.55. The Bertz CT molecular complexity index is 513. The largest absolute Gasteiger partial charge is 0.494 e. The number of benzene rings is 2. The molecular weight excluding hydrogens is 276 g/mol. The van der Waals surface area contributed by atoms with Crippen molar-refractivity contribution in [2.45, 2.75) is 25.9 Å². The Morgan fingerprint density at radius 1 is 0.682 bits per heavy atom. The van der Waals surface area contributed by atoms with Gasteiger partial charge in [0.15, 0.2) is 0 Å². The van der Waals surface area contributed by atoms with E-state index in [-0.39, 0.29) is 12.1 Å². The van der Waals surface area contributed by atoms with Gasteiger partial charge in [-0.15, -0.1) is 0 Å². The van der Waals surface area contributed by atoms with Gasteiger partial charge in [-0.25, -0.2) is 0 Å². The molecule has 0 fully saturated rings. The minimum absolute atomic E-state index is 0.270. The molecule has 2 atom stereocenters. The van der Waals surface area contributed by atoms with Crippen molar-refractivity contribution >= 4 is 0 Å². The highest BCUT2D eigenvalue weighted by Crippen LogP contribution is 2.27. The average molecular weight is 300 g/mol. The van der Waals surface area contributed by atoms with Gasteiger partial charge in [-0.3, -0.25) is 0 Å². The maximum atomic E-state index is 6.29. The van der Waals surface area contributed by atoms with E-state index in [0.717, 1.165) is 22.6 Å². The second-order valence-electron chi connectivity index (χ2n) is 5.06. The van der Waals surface area contributed by atoms with Crippen LogP contribution in [0.1, 0.15) is 37.1 Å². The fraction of sp³-hybridized carbons (Fsp3) is 0.333. The van der Waals surface area contributed by atoms with Gasteiger partial charge in [0.05, 0.1) is 13.2 Å². The van der Waals surface area contributed by atoms with Crippen molar-refractivity contribution in [2.75, 3.05) is 13.2 Å². The van der Waals surface area contributed by atoms with Gasteiger partial charge in [-0.1, -0.05) is 24.3 Å². The van der Waals surface area contributed by atoms with Gasteiger partial charge in [-0.05, 0) is 49.2 Å². The quantitative estimate of drug-likeness (QED) is 0.824. The molecule has 0 aliphatic heterocycles. The summed E-state index contributed by atoms with van der Waals surface area (Å²) in [6.45, 7) is 5.22. The zero-order valence-corrected chi connectivity index (χ0v) is 13.2. The third-order valence-corrected chi connectivity index (χ3v) is 3.54. The first kappa shape index (κ1) is 16.3. The number of ether oxygens (including phenoxy) is 2. The lowest BCUT2D eigenvalue weighted by Gasteiger charge is -2.21. The Kier molecular flexibility index (Phi) is 5.81. The van der Waals surface area contributed by atoms with E-state index in [0.29, 0.717) is 13.2 Å². The van der Waals surface area contributed by atoms with Crippen molar-refractivity contribution in [3.8, 4) is 11.5 Å². The number of hydrogen-bond acceptors (Lipinski definition) is 4. The van der Waals surface area contributed by atoms with Crippen LogP contribution < -0.4 is 20.9 Å². The molecule has 2 aromatic carbocycles. The molecule has 22 heavy (non-hydrogen) atoms. The smallest absolute Gasteiger partial charge is 0.119 e. The van der Waals surface area contributed by atoms with Gasteiger partial charge in [0.1, 0.15) is 11.5 Å². The molecule has 4 heteroatoms. The molecule has 0 aliphatic rings. The van der Waals surface area contributed by atoms with Crippen LogP contribution in [0.2, 0.25) is 0 Å². The fourth-order valence-electron chi connectivity index (χ4n) is 2.32. The summed E-state index contributed by atoms with van der Waals surface area (Å²) in [5.41, 5.74) is 14.6. The predicted molar refractivity (Wildman–Crippen MR) is 89.1 cm³/mol. The first-order valence-electron chi connectivity index (χ1n) is 7.62. The molecule has 0 saturated carbocycles. The normalized spacial score (nSPS) is 13.5. The summed E-state index contributed by atoms with van der Waals surface area (Å²) in [4.78, 5) is 0. The molecule has 0 saturated heterocycles. The van der Waals surface area contributed by atoms with E-state index in [9.17, 15) is 0 Å². The second-order valence-corrected chi connectivity index (χ2v) is 5.06. The second kappa shape index (κ2) is 7.82. The van der Waals surface area contributed by atoms with Crippen molar-refractivity contribution in [3.05, 3.63) is 59.7 Å². The SMILES string of the molecule is CCOc1ccc(C(N)C(N)c2ccc(OCC)cc2)cc1. The summed E-state index contributed by atoms with van der Waals surface area (Å²) in [6, 6.07) is 15.0. The third-order valence-electron chi connectivity index (χ3n) is 3.54. The van der Waals surface area contributed by atoms with Gasteiger partial charge < -0.3 is 20.9 Å². The van der Waals surface area contributed by atoms with Crippen LogP contribution >= 0.6 is 0 Å². The van der Waals surface area contributed by atoms with E-state index in [4.69, 9.17) is 20.9 Å². The fourth-order valence-corrected chi connectivity index (χ4v) is 2.32. The molecule has 0 radical (unpaired) electrons. The van der Waals surface area contributed by atoms with Crippen LogP contribution in [-0.2, 0) is 0 Å². The van der Waals surface area contributed by atoms with Gasteiger partial charge in [-0.2, -0.15) is 0 Å². The molecular formula is C18H24N2O2. The Hall–Kier alpha value is -2.04. The lowest BCUT2D eigenvalue weighted by Crippen LogP contribution is -2.26. The highest BCUT2D eigenvalue weighted by atomic mass is 16.5. The standard InChI is InChI=1S/C18H24N2O2/c1-3-21-15-9-5-13(6-10-15)17(19)18(20)14-7-11-16(12-8-14)22-4-2/h5-12,17-18H,3-4,19-20H2,1-2H3. The van der Waals surface area contributed by atoms with Crippen LogP contribution in [0.25, 0.3) is 0 Å². The molecule has 2 rings (SSSR count). The lowest BCUT2D eigenvalue weighted by molar-refractivity contribution is 0.339. The molecule has 0 aromatic heterocycles. The molecule has 0 spiro atoms. The Balaban J connectivity index is 2.08. The highest BCUT2D eigenvalue weighted by molar-refractivity contribution is 5.34. The highest BCUT2D eigenvalue weighted by Gasteiger charge is 2.17. The van der Waals surface area contributed by atoms with Crippen LogP contribution in [0.5, 0.6) is 11.5 Å². The zero-order chi connectivity index (χ0) is 15.9. The number of hydrogen-bond donors (Lipinski definition) is 2. The molecule has 0 amide bonds. The summed E-state index contributed by atoms with van der Waals surface area (Å²) in [5, 5.41) is 0. The van der Waals surface area contributed by atoms with E-state index < -0.39 is 0 Å². The number of rotatable bonds is 7. The van der Waals surface area contributed by atoms with Crippen LogP contribution in [0.3, 0.4) is 0 Å².